The summed E-state index contributed by atoms with van der Waals surface area (Å²) < 4.78 is 15.7. The van der Waals surface area contributed by atoms with Crippen LogP contribution >= 0.6 is 0 Å². The zero-order chi connectivity index (χ0) is 17.2. The fraction of sp³-hybridized carbons (Fsp3) is 0.278. The maximum absolute atomic E-state index is 12.6. The van der Waals surface area contributed by atoms with Gasteiger partial charge in [-0.1, -0.05) is 17.3 Å². The van der Waals surface area contributed by atoms with Crippen molar-refractivity contribution in [2.24, 2.45) is 0 Å². The topological polar surface area (TPSA) is 81.6 Å². The van der Waals surface area contributed by atoms with Gasteiger partial charge in [0.1, 0.15) is 18.1 Å². The number of carbonyl (C=O) groups is 1. The molecule has 1 amide bonds. The number of hydrogen-bond donors (Lipinski definition) is 0. The third kappa shape index (κ3) is 2.88. The van der Waals surface area contributed by atoms with Crippen LogP contribution in [0.5, 0.6) is 5.75 Å². The van der Waals surface area contributed by atoms with Crippen LogP contribution in [0.15, 0.2) is 51.8 Å². The van der Waals surface area contributed by atoms with Gasteiger partial charge in [-0.2, -0.15) is 4.98 Å². The highest BCUT2D eigenvalue weighted by molar-refractivity contribution is 5.94. The summed E-state index contributed by atoms with van der Waals surface area (Å²) in [5.74, 6) is 1.57. The van der Waals surface area contributed by atoms with Crippen LogP contribution in [0, 0.1) is 0 Å². The van der Waals surface area contributed by atoms with Gasteiger partial charge in [-0.15, -0.1) is 0 Å². The Morgan fingerprint density at radius 3 is 3.08 bits per heavy atom. The molecule has 0 aliphatic carbocycles. The van der Waals surface area contributed by atoms with Crippen molar-refractivity contribution in [2.45, 2.75) is 18.9 Å². The van der Waals surface area contributed by atoms with Crippen molar-refractivity contribution in [2.75, 3.05) is 13.7 Å². The van der Waals surface area contributed by atoms with E-state index in [1.165, 1.54) is 12.5 Å². The number of ether oxygens (including phenoxy) is 1. The van der Waals surface area contributed by atoms with E-state index in [0.29, 0.717) is 23.8 Å². The lowest BCUT2D eigenvalue weighted by molar-refractivity contribution is 0.0709. The van der Waals surface area contributed by atoms with Gasteiger partial charge in [-0.05, 0) is 31.0 Å². The third-order valence-corrected chi connectivity index (χ3v) is 4.34. The molecule has 0 bridgehead atoms. The van der Waals surface area contributed by atoms with Gasteiger partial charge in [0.05, 0.1) is 18.9 Å². The van der Waals surface area contributed by atoms with Gasteiger partial charge in [0.15, 0.2) is 0 Å². The second kappa shape index (κ2) is 6.43. The molecule has 0 unspecified atom stereocenters. The van der Waals surface area contributed by atoms with Crippen LogP contribution in [0.2, 0.25) is 0 Å². The Kier molecular flexibility index (Phi) is 3.97. The van der Waals surface area contributed by atoms with Crippen LogP contribution in [0.1, 0.15) is 35.1 Å². The monoisotopic (exact) mass is 339 g/mol. The number of carbonyl (C=O) groups excluding carboxylic acids is 1. The second-order valence-electron chi connectivity index (χ2n) is 5.86. The van der Waals surface area contributed by atoms with E-state index in [1.54, 1.807) is 18.1 Å². The molecule has 0 radical (unpaired) electrons. The number of amides is 1. The summed E-state index contributed by atoms with van der Waals surface area (Å²) >= 11 is 0. The van der Waals surface area contributed by atoms with Crippen LogP contribution < -0.4 is 4.74 Å². The molecule has 0 spiro atoms. The van der Waals surface area contributed by atoms with Crippen molar-refractivity contribution in [1.82, 2.24) is 15.0 Å². The standard InChI is InChI=1S/C18H17N3O4/c1-23-14-5-2-4-12(10-14)16-19-17(25-20-16)15-6-3-8-21(15)18(22)13-7-9-24-11-13/h2,4-5,7,9-11,15H,3,6,8H2,1H3/t15-/m0/s1. The van der Waals surface area contributed by atoms with Gasteiger partial charge in [-0.3, -0.25) is 4.79 Å². The number of furan rings is 1. The van der Waals surface area contributed by atoms with Crippen molar-refractivity contribution in [3.8, 4) is 17.1 Å². The molecule has 0 N–H and O–H groups in total. The molecule has 1 atom stereocenters. The van der Waals surface area contributed by atoms with Crippen LogP contribution in [0.3, 0.4) is 0 Å². The molecule has 2 aromatic heterocycles. The normalized spacial score (nSPS) is 17.0. The average molecular weight is 339 g/mol. The molecular weight excluding hydrogens is 322 g/mol. The fourth-order valence-corrected chi connectivity index (χ4v) is 3.07. The Bertz CT molecular complexity index is 872. The summed E-state index contributed by atoms with van der Waals surface area (Å²) in [5.41, 5.74) is 1.33. The SMILES string of the molecule is COc1cccc(-c2noc([C@@H]3CCCN3C(=O)c3ccoc3)n2)c1. The average Bonchev–Trinajstić information content (AvgIpc) is 3.41. The summed E-state index contributed by atoms with van der Waals surface area (Å²) in [6, 6.07) is 8.90. The zero-order valence-electron chi connectivity index (χ0n) is 13.7. The maximum atomic E-state index is 12.6. The number of aromatic nitrogens is 2. The van der Waals surface area contributed by atoms with Gasteiger partial charge in [0.25, 0.3) is 5.91 Å². The summed E-state index contributed by atoms with van der Waals surface area (Å²) in [7, 11) is 1.61. The Hall–Kier alpha value is -3.09. The highest BCUT2D eigenvalue weighted by Gasteiger charge is 2.35. The Labute approximate surface area is 144 Å². The van der Waals surface area contributed by atoms with E-state index in [9.17, 15) is 4.79 Å². The number of likely N-dealkylation sites (tertiary alicyclic amines) is 1. The predicted octanol–water partition coefficient (Wildman–Crippen LogP) is 3.32. The highest BCUT2D eigenvalue weighted by Crippen LogP contribution is 2.33. The molecule has 0 saturated carbocycles. The molecule has 1 aliphatic rings. The van der Waals surface area contributed by atoms with Crippen LogP contribution in [-0.2, 0) is 0 Å². The summed E-state index contributed by atoms with van der Waals surface area (Å²) in [6.45, 7) is 0.658. The van der Waals surface area contributed by atoms with E-state index >= 15 is 0 Å². The molecular formula is C18H17N3O4. The molecule has 7 heteroatoms. The zero-order valence-corrected chi connectivity index (χ0v) is 13.7. The van der Waals surface area contributed by atoms with E-state index in [0.717, 1.165) is 24.2 Å². The first-order valence-electron chi connectivity index (χ1n) is 8.07. The van der Waals surface area contributed by atoms with E-state index in [2.05, 4.69) is 10.1 Å². The predicted molar refractivity (Wildman–Crippen MR) is 88.0 cm³/mol. The summed E-state index contributed by atoms with van der Waals surface area (Å²) in [5, 5.41) is 4.06. The molecule has 7 nitrogen and oxygen atoms in total. The highest BCUT2D eigenvalue weighted by atomic mass is 16.5. The molecule has 3 heterocycles. The van der Waals surface area contributed by atoms with E-state index in [-0.39, 0.29) is 11.9 Å². The number of benzene rings is 1. The minimum Gasteiger partial charge on any atom is -0.497 e. The number of hydrogen-bond acceptors (Lipinski definition) is 6. The lowest BCUT2D eigenvalue weighted by Gasteiger charge is -2.20. The van der Waals surface area contributed by atoms with Crippen molar-refractivity contribution in [3.05, 3.63) is 54.3 Å². The Morgan fingerprint density at radius 2 is 2.28 bits per heavy atom. The lowest BCUT2D eigenvalue weighted by atomic mass is 10.2. The molecule has 1 aromatic carbocycles. The van der Waals surface area contributed by atoms with Crippen LogP contribution in [0.25, 0.3) is 11.4 Å². The molecule has 1 aliphatic heterocycles. The van der Waals surface area contributed by atoms with Crippen molar-refractivity contribution in [3.63, 3.8) is 0 Å². The molecule has 1 saturated heterocycles. The summed E-state index contributed by atoms with van der Waals surface area (Å²) in [4.78, 5) is 18.9. The van der Waals surface area contributed by atoms with Crippen LogP contribution in [0.4, 0.5) is 0 Å². The molecule has 25 heavy (non-hydrogen) atoms. The summed E-state index contributed by atoms with van der Waals surface area (Å²) in [6.07, 6.45) is 4.63. The van der Waals surface area contributed by atoms with E-state index in [1.807, 2.05) is 24.3 Å². The van der Waals surface area contributed by atoms with Gasteiger partial charge < -0.3 is 18.6 Å². The molecule has 128 valence electrons. The third-order valence-electron chi connectivity index (χ3n) is 4.34. The Balaban J connectivity index is 1.59. The smallest absolute Gasteiger partial charge is 0.257 e. The fourth-order valence-electron chi connectivity index (χ4n) is 3.07. The molecule has 1 fully saturated rings. The number of nitrogens with zero attached hydrogens (tertiary/aromatic N) is 3. The first kappa shape index (κ1) is 15.4. The van der Waals surface area contributed by atoms with E-state index < -0.39 is 0 Å². The van der Waals surface area contributed by atoms with Gasteiger partial charge in [0.2, 0.25) is 11.7 Å². The molecule has 3 aromatic rings. The molecule has 4 rings (SSSR count). The largest absolute Gasteiger partial charge is 0.497 e. The number of methoxy groups -OCH3 is 1. The maximum Gasteiger partial charge on any atom is 0.257 e. The van der Waals surface area contributed by atoms with E-state index in [4.69, 9.17) is 13.7 Å². The minimum atomic E-state index is -0.214. The number of rotatable bonds is 4. The van der Waals surface area contributed by atoms with Crippen molar-refractivity contribution in [1.29, 1.82) is 0 Å². The lowest BCUT2D eigenvalue weighted by Crippen LogP contribution is -2.30. The van der Waals surface area contributed by atoms with Crippen molar-refractivity contribution < 1.29 is 18.5 Å². The van der Waals surface area contributed by atoms with Crippen LogP contribution in [-0.4, -0.2) is 34.6 Å². The first-order valence-corrected chi connectivity index (χ1v) is 8.07. The van der Waals surface area contributed by atoms with Crippen molar-refractivity contribution >= 4 is 5.91 Å². The Morgan fingerprint density at radius 1 is 1.36 bits per heavy atom. The van der Waals surface area contributed by atoms with Gasteiger partial charge in [-0.25, -0.2) is 0 Å². The first-order chi connectivity index (χ1) is 12.3. The van der Waals surface area contributed by atoms with Gasteiger partial charge >= 0.3 is 0 Å². The second-order valence-corrected chi connectivity index (χ2v) is 5.86. The van der Waals surface area contributed by atoms with Gasteiger partial charge in [0, 0.05) is 12.1 Å². The minimum absolute atomic E-state index is 0.0858. The quantitative estimate of drug-likeness (QED) is 0.725.